The van der Waals surface area contributed by atoms with Crippen molar-refractivity contribution in [3.05, 3.63) is 63.6 Å². The second kappa shape index (κ2) is 13.3. The summed E-state index contributed by atoms with van der Waals surface area (Å²) in [7, 11) is -3.56. The molecule has 0 heterocycles. The standard InChI is InChI=1S/C26H35Cl2N3O4S/c1-6-23(26(33)29-18(2)3)30(17-20-21(27)12-9-13-22(20)28)25(32)15-10-16-31(36(5,34)35)24-14-8-7-11-19(24)4/h7-9,11-14,18,23H,6,10,15-17H2,1-5H3,(H,29,33)/t23-/m0/s1. The highest BCUT2D eigenvalue weighted by molar-refractivity contribution is 7.92. The minimum Gasteiger partial charge on any atom is -0.352 e. The minimum atomic E-state index is -3.56. The molecule has 0 unspecified atom stereocenters. The Morgan fingerprint density at radius 2 is 1.64 bits per heavy atom. The van der Waals surface area contributed by atoms with Gasteiger partial charge in [0.25, 0.3) is 0 Å². The summed E-state index contributed by atoms with van der Waals surface area (Å²) in [4.78, 5) is 27.9. The number of halogens is 2. The Morgan fingerprint density at radius 3 is 2.17 bits per heavy atom. The van der Waals surface area contributed by atoms with E-state index in [1.165, 1.54) is 9.21 Å². The zero-order chi connectivity index (χ0) is 27.0. The van der Waals surface area contributed by atoms with Gasteiger partial charge in [-0.05, 0) is 57.4 Å². The van der Waals surface area contributed by atoms with E-state index in [1.807, 2.05) is 39.8 Å². The maximum Gasteiger partial charge on any atom is 0.243 e. The molecule has 0 bridgehead atoms. The quantitative estimate of drug-likeness (QED) is 0.391. The molecule has 1 N–H and O–H groups in total. The second-order valence-electron chi connectivity index (χ2n) is 9.03. The van der Waals surface area contributed by atoms with Gasteiger partial charge in [-0.2, -0.15) is 0 Å². The van der Waals surface area contributed by atoms with Gasteiger partial charge in [0.1, 0.15) is 6.04 Å². The highest BCUT2D eigenvalue weighted by Gasteiger charge is 2.30. The van der Waals surface area contributed by atoms with Gasteiger partial charge in [0.05, 0.1) is 11.9 Å². The van der Waals surface area contributed by atoms with Gasteiger partial charge >= 0.3 is 0 Å². The number of hydrogen-bond acceptors (Lipinski definition) is 4. The van der Waals surface area contributed by atoms with Crippen molar-refractivity contribution in [2.24, 2.45) is 0 Å². The number of carbonyl (C=O) groups excluding carboxylic acids is 2. The van der Waals surface area contributed by atoms with Crippen LogP contribution in [0.15, 0.2) is 42.5 Å². The smallest absolute Gasteiger partial charge is 0.243 e. The van der Waals surface area contributed by atoms with Crippen LogP contribution in [0.3, 0.4) is 0 Å². The van der Waals surface area contributed by atoms with Gasteiger partial charge in [-0.25, -0.2) is 8.42 Å². The van der Waals surface area contributed by atoms with Gasteiger partial charge in [-0.15, -0.1) is 0 Å². The van der Waals surface area contributed by atoms with E-state index >= 15 is 0 Å². The average Bonchev–Trinajstić information content (AvgIpc) is 2.77. The molecule has 0 aromatic heterocycles. The van der Waals surface area contributed by atoms with Gasteiger partial charge in [-0.1, -0.05) is 54.4 Å². The fourth-order valence-corrected chi connectivity index (χ4v) is 5.52. The number of nitrogens with zero attached hydrogens (tertiary/aromatic N) is 2. The molecular formula is C26H35Cl2N3O4S. The lowest BCUT2D eigenvalue weighted by Crippen LogP contribution is -2.50. The monoisotopic (exact) mass is 555 g/mol. The largest absolute Gasteiger partial charge is 0.352 e. The summed E-state index contributed by atoms with van der Waals surface area (Å²) in [5.74, 6) is -0.545. The number of rotatable bonds is 12. The van der Waals surface area contributed by atoms with Crippen molar-refractivity contribution in [2.75, 3.05) is 17.1 Å². The molecule has 198 valence electrons. The lowest BCUT2D eigenvalue weighted by Gasteiger charge is -2.32. The van der Waals surface area contributed by atoms with Crippen molar-refractivity contribution in [2.45, 2.75) is 65.6 Å². The number of sulfonamides is 1. The van der Waals surface area contributed by atoms with Crippen LogP contribution in [0.4, 0.5) is 5.69 Å². The summed E-state index contributed by atoms with van der Waals surface area (Å²) in [5, 5.41) is 3.69. The summed E-state index contributed by atoms with van der Waals surface area (Å²) in [5.41, 5.74) is 1.96. The first kappa shape index (κ1) is 29.9. The van der Waals surface area contributed by atoms with Crippen LogP contribution in [-0.4, -0.2) is 50.0 Å². The van der Waals surface area contributed by atoms with Gasteiger partial charge < -0.3 is 10.2 Å². The summed E-state index contributed by atoms with van der Waals surface area (Å²) < 4.78 is 26.3. The van der Waals surface area contributed by atoms with Gasteiger partial charge in [0.2, 0.25) is 21.8 Å². The first-order valence-corrected chi connectivity index (χ1v) is 14.5. The summed E-state index contributed by atoms with van der Waals surface area (Å²) >= 11 is 12.7. The predicted molar refractivity (Wildman–Crippen MR) is 147 cm³/mol. The van der Waals surface area contributed by atoms with Crippen molar-refractivity contribution in [1.82, 2.24) is 10.2 Å². The van der Waals surface area contributed by atoms with Crippen LogP contribution in [0.1, 0.15) is 51.2 Å². The fraction of sp³-hybridized carbons (Fsp3) is 0.462. The first-order chi connectivity index (χ1) is 16.9. The van der Waals surface area contributed by atoms with E-state index in [0.717, 1.165) is 11.8 Å². The molecule has 0 aliphatic heterocycles. The van der Waals surface area contributed by atoms with E-state index in [4.69, 9.17) is 23.2 Å². The molecule has 0 radical (unpaired) electrons. The Bertz CT molecular complexity index is 1150. The lowest BCUT2D eigenvalue weighted by atomic mass is 10.1. The Kier molecular flexibility index (Phi) is 11.1. The zero-order valence-corrected chi connectivity index (χ0v) is 23.8. The van der Waals surface area contributed by atoms with Crippen molar-refractivity contribution in [3.8, 4) is 0 Å². The highest BCUT2D eigenvalue weighted by atomic mass is 35.5. The number of anilines is 1. The third kappa shape index (κ3) is 8.11. The molecule has 0 aliphatic rings. The molecule has 0 aliphatic carbocycles. The number of benzene rings is 2. The van der Waals surface area contributed by atoms with Crippen LogP contribution < -0.4 is 9.62 Å². The zero-order valence-electron chi connectivity index (χ0n) is 21.4. The predicted octanol–water partition coefficient (Wildman–Crippen LogP) is 5.18. The van der Waals surface area contributed by atoms with Crippen LogP contribution in [0, 0.1) is 6.92 Å². The number of carbonyl (C=O) groups is 2. The molecule has 2 rings (SSSR count). The van der Waals surface area contributed by atoms with Crippen molar-refractivity contribution in [3.63, 3.8) is 0 Å². The molecule has 10 heteroatoms. The Labute approximate surface area is 224 Å². The van der Waals surface area contributed by atoms with E-state index in [9.17, 15) is 18.0 Å². The number of para-hydroxylation sites is 1. The molecule has 2 aromatic rings. The van der Waals surface area contributed by atoms with Gasteiger partial charge in [0.15, 0.2) is 0 Å². The van der Waals surface area contributed by atoms with E-state index in [0.29, 0.717) is 27.7 Å². The molecule has 0 fully saturated rings. The van der Waals surface area contributed by atoms with E-state index in [2.05, 4.69) is 5.32 Å². The van der Waals surface area contributed by atoms with Crippen LogP contribution in [0.2, 0.25) is 10.0 Å². The molecule has 0 saturated carbocycles. The van der Waals surface area contributed by atoms with Crippen molar-refractivity contribution in [1.29, 1.82) is 0 Å². The van der Waals surface area contributed by atoms with Crippen LogP contribution >= 0.6 is 23.2 Å². The molecule has 36 heavy (non-hydrogen) atoms. The van der Waals surface area contributed by atoms with Crippen LogP contribution in [-0.2, 0) is 26.2 Å². The minimum absolute atomic E-state index is 0.0471. The van der Waals surface area contributed by atoms with Crippen LogP contribution in [0.5, 0.6) is 0 Å². The van der Waals surface area contributed by atoms with Crippen molar-refractivity contribution >= 4 is 50.7 Å². The highest BCUT2D eigenvalue weighted by Crippen LogP contribution is 2.28. The molecule has 7 nitrogen and oxygen atoms in total. The van der Waals surface area contributed by atoms with Crippen LogP contribution in [0.25, 0.3) is 0 Å². The number of amides is 2. The Balaban J connectivity index is 2.29. The van der Waals surface area contributed by atoms with Gasteiger partial charge in [0, 0.05) is 41.2 Å². The molecule has 1 atom stereocenters. The summed E-state index contributed by atoms with van der Waals surface area (Å²) in [6.45, 7) is 7.58. The second-order valence-corrected chi connectivity index (χ2v) is 11.8. The molecule has 2 amide bonds. The Hall–Kier alpha value is -2.29. The first-order valence-electron chi connectivity index (χ1n) is 11.9. The number of hydrogen-bond donors (Lipinski definition) is 1. The molecule has 0 spiro atoms. The van der Waals surface area contributed by atoms with Gasteiger partial charge in [-0.3, -0.25) is 13.9 Å². The van der Waals surface area contributed by atoms with E-state index in [-0.39, 0.29) is 43.8 Å². The lowest BCUT2D eigenvalue weighted by molar-refractivity contribution is -0.141. The summed E-state index contributed by atoms with van der Waals surface area (Å²) in [6.07, 6.45) is 1.86. The summed E-state index contributed by atoms with van der Waals surface area (Å²) in [6, 6.07) is 11.5. The average molecular weight is 557 g/mol. The van der Waals surface area contributed by atoms with E-state index in [1.54, 1.807) is 30.3 Å². The molecule has 2 aromatic carbocycles. The topological polar surface area (TPSA) is 86.8 Å². The molecule has 0 saturated heterocycles. The third-order valence-electron chi connectivity index (χ3n) is 5.74. The number of aryl methyl sites for hydroxylation is 1. The fourth-order valence-electron chi connectivity index (χ4n) is 3.98. The third-order valence-corrected chi connectivity index (χ3v) is 7.63. The maximum atomic E-state index is 13.5. The molecular weight excluding hydrogens is 521 g/mol. The van der Waals surface area contributed by atoms with E-state index < -0.39 is 16.1 Å². The Morgan fingerprint density at radius 1 is 1.03 bits per heavy atom. The van der Waals surface area contributed by atoms with Crippen molar-refractivity contribution < 1.29 is 18.0 Å². The SMILES string of the molecule is CC[C@@H](C(=O)NC(C)C)N(Cc1c(Cl)cccc1Cl)C(=O)CCCN(c1ccccc1C)S(C)(=O)=O. The maximum absolute atomic E-state index is 13.5. The normalized spacial score (nSPS) is 12.3. The number of nitrogens with one attached hydrogen (secondary N) is 1.